The first-order valence-corrected chi connectivity index (χ1v) is 8.96. The Hall–Kier alpha value is -2.11. The van der Waals surface area contributed by atoms with Crippen LogP contribution in [0.1, 0.15) is 32.1 Å². The van der Waals surface area contributed by atoms with E-state index in [2.05, 4.69) is 10.3 Å². The van der Waals surface area contributed by atoms with E-state index < -0.39 is 0 Å². The third kappa shape index (κ3) is 3.23. The van der Waals surface area contributed by atoms with Crippen molar-refractivity contribution in [3.05, 3.63) is 24.4 Å². The van der Waals surface area contributed by atoms with E-state index >= 15 is 0 Å². The molecule has 128 valence electrons. The van der Waals surface area contributed by atoms with Gasteiger partial charge in [0.1, 0.15) is 5.82 Å². The zero-order chi connectivity index (χ0) is 16.5. The maximum absolute atomic E-state index is 12.7. The fourth-order valence-corrected chi connectivity index (χ4v) is 3.80. The van der Waals surface area contributed by atoms with Crippen molar-refractivity contribution in [2.24, 2.45) is 5.92 Å². The zero-order valence-electron chi connectivity index (χ0n) is 13.9. The van der Waals surface area contributed by atoms with Gasteiger partial charge in [-0.05, 0) is 37.8 Å². The van der Waals surface area contributed by atoms with Crippen molar-refractivity contribution in [2.45, 2.75) is 44.2 Å². The Morgan fingerprint density at radius 3 is 2.62 bits per heavy atom. The average molecular weight is 328 g/mol. The van der Waals surface area contributed by atoms with Gasteiger partial charge in [-0.2, -0.15) is 0 Å². The predicted molar refractivity (Wildman–Crippen MR) is 90.3 cm³/mol. The molecule has 2 saturated heterocycles. The molecule has 1 atom stereocenters. The first-order chi connectivity index (χ1) is 11.7. The number of carbonyl (C=O) groups is 2. The van der Waals surface area contributed by atoms with Gasteiger partial charge in [0.05, 0.1) is 5.92 Å². The Morgan fingerprint density at radius 2 is 1.96 bits per heavy atom. The molecule has 1 aromatic heterocycles. The molecule has 1 unspecified atom stereocenters. The fourth-order valence-electron chi connectivity index (χ4n) is 3.80. The van der Waals surface area contributed by atoms with Crippen LogP contribution in [0.2, 0.25) is 0 Å². The van der Waals surface area contributed by atoms with Crippen LogP contribution < -0.4 is 5.32 Å². The number of rotatable bonds is 4. The molecule has 0 aromatic carbocycles. The van der Waals surface area contributed by atoms with Crippen LogP contribution >= 0.6 is 0 Å². The molecule has 1 N–H and O–H groups in total. The van der Waals surface area contributed by atoms with E-state index in [9.17, 15) is 9.59 Å². The number of amides is 2. The number of aromatic nitrogens is 1. The summed E-state index contributed by atoms with van der Waals surface area (Å²) in [6.45, 7) is 2.16. The van der Waals surface area contributed by atoms with Crippen LogP contribution in [0.25, 0.3) is 0 Å². The van der Waals surface area contributed by atoms with Crippen molar-refractivity contribution in [1.29, 1.82) is 0 Å². The molecular weight excluding hydrogens is 304 g/mol. The minimum absolute atomic E-state index is 0.126. The quantitative estimate of drug-likeness (QED) is 0.909. The first-order valence-electron chi connectivity index (χ1n) is 8.96. The number of hydrogen-bond acceptors (Lipinski definition) is 4. The van der Waals surface area contributed by atoms with Gasteiger partial charge < -0.3 is 15.1 Å². The van der Waals surface area contributed by atoms with Crippen LogP contribution in [-0.2, 0) is 9.59 Å². The lowest BCUT2D eigenvalue weighted by Crippen LogP contribution is -2.45. The standard InChI is InChI=1S/C18H24N4O2/c23-17-11-13(12-22(17)15-4-5-15)18(24)21-9-6-14(7-10-21)20-16-3-1-2-8-19-16/h1-3,8,13-15H,4-7,9-12H2,(H,19,20). The molecular formula is C18H24N4O2. The molecule has 0 bridgehead atoms. The number of nitrogens with one attached hydrogen (secondary N) is 1. The van der Waals surface area contributed by atoms with Gasteiger partial charge in [-0.1, -0.05) is 6.07 Å². The van der Waals surface area contributed by atoms with Crippen LogP contribution in [0.4, 0.5) is 5.82 Å². The highest BCUT2D eigenvalue weighted by Crippen LogP contribution is 2.33. The van der Waals surface area contributed by atoms with Gasteiger partial charge in [0, 0.05) is 44.3 Å². The number of likely N-dealkylation sites (tertiary alicyclic amines) is 2. The average Bonchev–Trinajstić information content (AvgIpc) is 3.38. The Labute approximate surface area is 142 Å². The van der Waals surface area contributed by atoms with Gasteiger partial charge in [0.2, 0.25) is 11.8 Å². The van der Waals surface area contributed by atoms with E-state index in [0.29, 0.717) is 25.0 Å². The molecule has 1 aromatic rings. The van der Waals surface area contributed by atoms with Gasteiger partial charge in [-0.15, -0.1) is 0 Å². The zero-order valence-corrected chi connectivity index (χ0v) is 13.9. The highest BCUT2D eigenvalue weighted by Gasteiger charge is 2.43. The van der Waals surface area contributed by atoms with Crippen LogP contribution in [0.5, 0.6) is 0 Å². The minimum Gasteiger partial charge on any atom is -0.367 e. The summed E-state index contributed by atoms with van der Waals surface area (Å²) in [5.74, 6) is 1.10. The summed E-state index contributed by atoms with van der Waals surface area (Å²) in [7, 11) is 0. The lowest BCUT2D eigenvalue weighted by Gasteiger charge is -2.34. The molecule has 1 saturated carbocycles. The predicted octanol–water partition coefficient (Wildman–Crippen LogP) is 1.50. The summed E-state index contributed by atoms with van der Waals surface area (Å²) in [5, 5.41) is 3.44. The number of pyridine rings is 1. The van der Waals surface area contributed by atoms with E-state index in [1.807, 2.05) is 28.0 Å². The number of hydrogen-bond donors (Lipinski definition) is 1. The van der Waals surface area contributed by atoms with Crippen LogP contribution in [0.3, 0.4) is 0 Å². The normalized spacial score (nSPS) is 25.2. The van der Waals surface area contributed by atoms with E-state index in [1.165, 1.54) is 0 Å². The van der Waals surface area contributed by atoms with Crippen LogP contribution in [0, 0.1) is 5.92 Å². The summed E-state index contributed by atoms with van der Waals surface area (Å²) in [6.07, 6.45) is 6.25. The number of carbonyl (C=O) groups excluding carboxylic acids is 2. The Bertz CT molecular complexity index is 609. The Kier molecular flexibility index (Phi) is 4.12. The Morgan fingerprint density at radius 1 is 1.17 bits per heavy atom. The largest absolute Gasteiger partial charge is 0.367 e. The van der Waals surface area contributed by atoms with Crippen molar-refractivity contribution < 1.29 is 9.59 Å². The lowest BCUT2D eigenvalue weighted by molar-refractivity contribution is -0.136. The molecule has 4 rings (SSSR count). The maximum atomic E-state index is 12.7. The monoisotopic (exact) mass is 328 g/mol. The van der Waals surface area contributed by atoms with Gasteiger partial charge >= 0.3 is 0 Å². The molecule has 0 radical (unpaired) electrons. The van der Waals surface area contributed by atoms with E-state index in [-0.39, 0.29) is 17.7 Å². The highest BCUT2D eigenvalue weighted by atomic mass is 16.2. The summed E-state index contributed by atoms with van der Waals surface area (Å²) >= 11 is 0. The smallest absolute Gasteiger partial charge is 0.227 e. The molecule has 3 heterocycles. The molecule has 24 heavy (non-hydrogen) atoms. The van der Waals surface area contributed by atoms with Crippen molar-refractivity contribution in [1.82, 2.24) is 14.8 Å². The van der Waals surface area contributed by atoms with E-state index in [1.54, 1.807) is 6.20 Å². The second-order valence-electron chi connectivity index (χ2n) is 7.14. The molecule has 2 aliphatic heterocycles. The van der Waals surface area contributed by atoms with Gasteiger partial charge in [0.25, 0.3) is 0 Å². The topological polar surface area (TPSA) is 65.5 Å². The van der Waals surface area contributed by atoms with Crippen LogP contribution in [0.15, 0.2) is 24.4 Å². The summed E-state index contributed by atoms with van der Waals surface area (Å²) in [4.78, 5) is 32.9. The lowest BCUT2D eigenvalue weighted by atomic mass is 10.0. The van der Waals surface area contributed by atoms with Crippen molar-refractivity contribution in [2.75, 3.05) is 25.0 Å². The molecule has 3 aliphatic rings. The maximum Gasteiger partial charge on any atom is 0.227 e. The fraction of sp³-hybridized carbons (Fsp3) is 0.611. The van der Waals surface area contributed by atoms with Crippen molar-refractivity contribution >= 4 is 17.6 Å². The molecule has 6 nitrogen and oxygen atoms in total. The third-order valence-electron chi connectivity index (χ3n) is 5.32. The second-order valence-corrected chi connectivity index (χ2v) is 7.14. The molecule has 6 heteroatoms. The molecule has 2 amide bonds. The summed E-state index contributed by atoms with van der Waals surface area (Å²) in [6, 6.07) is 6.62. The molecule has 3 fully saturated rings. The second kappa shape index (κ2) is 6.42. The van der Waals surface area contributed by atoms with Gasteiger partial charge in [-0.3, -0.25) is 9.59 Å². The number of anilines is 1. The Balaban J connectivity index is 1.28. The number of piperidine rings is 1. The van der Waals surface area contributed by atoms with E-state index in [4.69, 9.17) is 0 Å². The minimum atomic E-state index is -0.126. The van der Waals surface area contributed by atoms with E-state index in [0.717, 1.165) is 44.6 Å². The third-order valence-corrected chi connectivity index (χ3v) is 5.32. The highest BCUT2D eigenvalue weighted by molar-refractivity contribution is 5.89. The SMILES string of the molecule is O=C(C1CC(=O)N(C2CC2)C1)N1CCC(Nc2ccccn2)CC1. The van der Waals surface area contributed by atoms with Gasteiger partial charge in [0.15, 0.2) is 0 Å². The van der Waals surface area contributed by atoms with Crippen molar-refractivity contribution in [3.8, 4) is 0 Å². The van der Waals surface area contributed by atoms with Crippen LogP contribution in [-0.4, -0.2) is 58.3 Å². The molecule has 1 aliphatic carbocycles. The summed E-state index contributed by atoms with van der Waals surface area (Å²) < 4.78 is 0. The molecule has 0 spiro atoms. The van der Waals surface area contributed by atoms with Crippen molar-refractivity contribution in [3.63, 3.8) is 0 Å². The van der Waals surface area contributed by atoms with Gasteiger partial charge in [-0.25, -0.2) is 4.98 Å². The summed E-state index contributed by atoms with van der Waals surface area (Å²) in [5.41, 5.74) is 0. The first kappa shape index (κ1) is 15.4. The number of nitrogens with zero attached hydrogens (tertiary/aromatic N) is 3.